The Morgan fingerprint density at radius 2 is 2.17 bits per heavy atom. The molecule has 1 N–H and O–H groups in total. The van der Waals surface area contributed by atoms with Crippen molar-refractivity contribution in [3.63, 3.8) is 0 Å². The first-order valence-electron chi connectivity index (χ1n) is 4.60. The minimum atomic E-state index is 0.0352. The molecule has 1 rings (SSSR count). The first-order chi connectivity index (χ1) is 5.64. The van der Waals surface area contributed by atoms with Crippen molar-refractivity contribution in [3.05, 3.63) is 23.8 Å². The van der Waals surface area contributed by atoms with Crippen molar-refractivity contribution in [1.82, 2.24) is 0 Å². The summed E-state index contributed by atoms with van der Waals surface area (Å²) in [5.41, 5.74) is 1.41. The molecule has 0 atom stereocenters. The number of hydrogen-bond donors (Lipinski definition) is 1. The van der Waals surface area contributed by atoms with E-state index in [1.807, 2.05) is 0 Å². The molecule has 0 aromatic heterocycles. The van der Waals surface area contributed by atoms with Gasteiger partial charge >= 0.3 is 0 Å². The highest BCUT2D eigenvalue weighted by atomic mass is 16.3. The Balaban J connectivity index is 2.50. The molecule has 68 valence electrons. The summed E-state index contributed by atoms with van der Waals surface area (Å²) in [6, 6.07) is 0. The Morgan fingerprint density at radius 3 is 2.67 bits per heavy atom. The molecular weight excluding hydrogens is 148 g/mol. The smallest absolute Gasteiger partial charge is 0.0485 e. The van der Waals surface area contributed by atoms with Crippen molar-refractivity contribution < 1.29 is 5.11 Å². The van der Waals surface area contributed by atoms with Gasteiger partial charge < -0.3 is 5.11 Å². The lowest BCUT2D eigenvalue weighted by Crippen LogP contribution is -2.17. The van der Waals surface area contributed by atoms with E-state index in [1.165, 1.54) is 12.0 Å². The summed E-state index contributed by atoms with van der Waals surface area (Å²) in [6.45, 7) is 4.45. The van der Waals surface area contributed by atoms with E-state index in [0.717, 1.165) is 12.8 Å². The van der Waals surface area contributed by atoms with E-state index in [2.05, 4.69) is 32.1 Å². The van der Waals surface area contributed by atoms with Gasteiger partial charge in [-0.1, -0.05) is 37.6 Å². The third-order valence-corrected chi connectivity index (χ3v) is 2.18. The van der Waals surface area contributed by atoms with Crippen LogP contribution in [0.2, 0.25) is 0 Å². The lowest BCUT2D eigenvalue weighted by molar-refractivity contribution is 0.160. The maximum Gasteiger partial charge on any atom is 0.0485 e. The molecule has 0 saturated heterocycles. The predicted molar refractivity (Wildman–Crippen MR) is 51.9 cm³/mol. The molecule has 0 unspecified atom stereocenters. The molecule has 0 fully saturated rings. The summed E-state index contributed by atoms with van der Waals surface area (Å²) in [7, 11) is 0. The highest BCUT2D eigenvalue weighted by Gasteiger charge is 2.17. The van der Waals surface area contributed by atoms with E-state index < -0.39 is 0 Å². The average molecular weight is 166 g/mol. The van der Waals surface area contributed by atoms with Crippen LogP contribution in [-0.4, -0.2) is 11.7 Å². The van der Waals surface area contributed by atoms with Crippen LogP contribution in [0.5, 0.6) is 0 Å². The molecule has 1 heteroatoms. The van der Waals surface area contributed by atoms with E-state index >= 15 is 0 Å². The van der Waals surface area contributed by atoms with Crippen LogP contribution < -0.4 is 0 Å². The van der Waals surface area contributed by atoms with E-state index in [9.17, 15) is 0 Å². The largest absolute Gasteiger partial charge is 0.396 e. The van der Waals surface area contributed by atoms with Crippen molar-refractivity contribution in [2.45, 2.75) is 33.1 Å². The van der Waals surface area contributed by atoms with E-state index in [4.69, 9.17) is 5.11 Å². The molecule has 0 amide bonds. The van der Waals surface area contributed by atoms with Gasteiger partial charge in [-0.05, 0) is 24.7 Å². The molecule has 1 aliphatic rings. The monoisotopic (exact) mass is 166 g/mol. The zero-order chi connectivity index (χ0) is 9.03. The summed E-state index contributed by atoms with van der Waals surface area (Å²) < 4.78 is 0. The quantitative estimate of drug-likeness (QED) is 0.683. The second kappa shape index (κ2) is 3.90. The van der Waals surface area contributed by atoms with Crippen molar-refractivity contribution in [1.29, 1.82) is 0 Å². The van der Waals surface area contributed by atoms with E-state index in [0.29, 0.717) is 0 Å². The molecule has 0 heterocycles. The van der Waals surface area contributed by atoms with Gasteiger partial charge in [0.25, 0.3) is 0 Å². The minimum Gasteiger partial charge on any atom is -0.396 e. The molecule has 0 aromatic rings. The van der Waals surface area contributed by atoms with Crippen LogP contribution in [0, 0.1) is 5.41 Å². The van der Waals surface area contributed by atoms with Crippen molar-refractivity contribution in [2.75, 3.05) is 6.61 Å². The fraction of sp³-hybridized carbons (Fsp3) is 0.636. The van der Waals surface area contributed by atoms with Gasteiger partial charge in [-0.2, -0.15) is 0 Å². The second-order valence-electron chi connectivity index (χ2n) is 4.26. The summed E-state index contributed by atoms with van der Waals surface area (Å²) in [5, 5.41) is 9.07. The van der Waals surface area contributed by atoms with Crippen molar-refractivity contribution in [2.24, 2.45) is 5.41 Å². The fourth-order valence-corrected chi connectivity index (χ4v) is 1.41. The number of allylic oxidation sites excluding steroid dienone is 4. The van der Waals surface area contributed by atoms with Crippen LogP contribution in [0.15, 0.2) is 23.8 Å². The molecule has 0 radical (unpaired) electrons. The fourth-order valence-electron chi connectivity index (χ4n) is 1.41. The van der Waals surface area contributed by atoms with Crippen LogP contribution in [0.3, 0.4) is 0 Å². The number of aliphatic hydroxyl groups is 1. The van der Waals surface area contributed by atoms with E-state index in [1.54, 1.807) is 0 Å². The highest BCUT2D eigenvalue weighted by Crippen LogP contribution is 2.26. The normalized spacial score (nSPS) is 17.8. The first-order valence-corrected chi connectivity index (χ1v) is 4.60. The zero-order valence-corrected chi connectivity index (χ0v) is 8.01. The third kappa shape index (κ3) is 2.82. The van der Waals surface area contributed by atoms with Crippen molar-refractivity contribution >= 4 is 0 Å². The van der Waals surface area contributed by atoms with Gasteiger partial charge in [0, 0.05) is 6.61 Å². The molecule has 1 nitrogen and oxygen atoms in total. The van der Waals surface area contributed by atoms with Gasteiger partial charge in [0.15, 0.2) is 0 Å². The minimum absolute atomic E-state index is 0.0352. The van der Waals surface area contributed by atoms with Crippen molar-refractivity contribution in [3.8, 4) is 0 Å². The van der Waals surface area contributed by atoms with Gasteiger partial charge in [-0.25, -0.2) is 0 Å². The molecule has 0 aliphatic heterocycles. The third-order valence-electron chi connectivity index (χ3n) is 2.18. The van der Waals surface area contributed by atoms with Crippen LogP contribution in [0.1, 0.15) is 33.1 Å². The maximum atomic E-state index is 9.07. The average Bonchev–Trinajstić information content (AvgIpc) is 2.06. The SMILES string of the molecule is CC(C)(CO)CC1=CCCC=C1. The number of rotatable bonds is 3. The molecule has 12 heavy (non-hydrogen) atoms. The molecule has 0 saturated carbocycles. The second-order valence-corrected chi connectivity index (χ2v) is 4.26. The lowest BCUT2D eigenvalue weighted by atomic mass is 9.85. The number of hydrogen-bond acceptors (Lipinski definition) is 1. The summed E-state index contributed by atoms with van der Waals surface area (Å²) in [6.07, 6.45) is 9.98. The van der Waals surface area contributed by atoms with Crippen LogP contribution in [-0.2, 0) is 0 Å². The molecule has 0 bridgehead atoms. The highest BCUT2D eigenvalue weighted by molar-refractivity contribution is 5.23. The Kier molecular flexibility index (Phi) is 3.10. The zero-order valence-electron chi connectivity index (χ0n) is 8.01. The predicted octanol–water partition coefficient (Wildman–Crippen LogP) is 2.67. The van der Waals surface area contributed by atoms with Gasteiger partial charge in [0.1, 0.15) is 0 Å². The molecule has 0 aromatic carbocycles. The molecular formula is C11H18O. The number of aliphatic hydroxyl groups excluding tert-OH is 1. The summed E-state index contributed by atoms with van der Waals surface area (Å²) in [4.78, 5) is 0. The van der Waals surface area contributed by atoms with E-state index in [-0.39, 0.29) is 12.0 Å². The topological polar surface area (TPSA) is 20.2 Å². The molecule has 1 aliphatic carbocycles. The summed E-state index contributed by atoms with van der Waals surface area (Å²) >= 11 is 0. The van der Waals surface area contributed by atoms with Gasteiger partial charge in [-0.15, -0.1) is 0 Å². The summed E-state index contributed by atoms with van der Waals surface area (Å²) in [5.74, 6) is 0. The van der Waals surface area contributed by atoms with Crippen LogP contribution in [0.25, 0.3) is 0 Å². The molecule has 0 spiro atoms. The Labute approximate surface area is 74.8 Å². The first kappa shape index (κ1) is 9.53. The standard InChI is InChI=1S/C11H18O/c1-11(2,9-12)8-10-6-4-3-5-7-10/h4,6-7,12H,3,5,8-9H2,1-2H3. The van der Waals surface area contributed by atoms with Gasteiger partial charge in [-0.3, -0.25) is 0 Å². The van der Waals surface area contributed by atoms with Gasteiger partial charge in [0.2, 0.25) is 0 Å². The Bertz CT molecular complexity index is 199. The van der Waals surface area contributed by atoms with Crippen LogP contribution >= 0.6 is 0 Å². The van der Waals surface area contributed by atoms with Crippen LogP contribution in [0.4, 0.5) is 0 Å². The Morgan fingerprint density at radius 1 is 1.42 bits per heavy atom. The van der Waals surface area contributed by atoms with Gasteiger partial charge in [0.05, 0.1) is 0 Å². The lowest BCUT2D eigenvalue weighted by Gasteiger charge is -2.22. The Hall–Kier alpha value is -0.560. The maximum absolute atomic E-state index is 9.07.